The third-order valence-corrected chi connectivity index (χ3v) is 3.47. The molecule has 3 rings (SSSR count). The van der Waals surface area contributed by atoms with E-state index in [1.165, 1.54) is 5.56 Å². The van der Waals surface area contributed by atoms with Crippen molar-refractivity contribution in [2.24, 2.45) is 0 Å². The number of aromatic nitrogens is 2. The second kappa shape index (κ2) is 6.05. The largest absolute Gasteiger partial charge is 0.485 e. The van der Waals surface area contributed by atoms with Gasteiger partial charge in [-0.1, -0.05) is 31.1 Å². The lowest BCUT2D eigenvalue weighted by Crippen LogP contribution is -2.00. The summed E-state index contributed by atoms with van der Waals surface area (Å²) >= 11 is 0. The fourth-order valence-electron chi connectivity index (χ4n) is 2.09. The lowest BCUT2D eigenvalue weighted by atomic mass is 10.0. The van der Waals surface area contributed by atoms with Gasteiger partial charge >= 0.3 is 0 Å². The Morgan fingerprint density at radius 2 is 2.09 bits per heavy atom. The maximum absolute atomic E-state index is 5.84. The second-order valence-corrected chi connectivity index (χ2v) is 5.50. The highest BCUT2D eigenvalue weighted by Gasteiger charge is 2.11. The van der Waals surface area contributed by atoms with E-state index in [4.69, 9.17) is 13.7 Å². The van der Waals surface area contributed by atoms with E-state index >= 15 is 0 Å². The number of aryl methyl sites for hydroxylation is 1. The van der Waals surface area contributed by atoms with Gasteiger partial charge in [-0.15, -0.1) is 0 Å². The van der Waals surface area contributed by atoms with Crippen LogP contribution >= 0.6 is 0 Å². The fourth-order valence-corrected chi connectivity index (χ4v) is 2.09. The first-order chi connectivity index (χ1) is 10.6. The van der Waals surface area contributed by atoms with Gasteiger partial charge in [-0.05, 0) is 36.1 Å². The Balaban J connectivity index is 1.71. The summed E-state index contributed by atoms with van der Waals surface area (Å²) in [5, 5.41) is 3.92. The molecule has 0 atom stereocenters. The van der Waals surface area contributed by atoms with Crippen LogP contribution in [-0.2, 0) is 6.61 Å². The van der Waals surface area contributed by atoms with Crippen LogP contribution in [0.2, 0.25) is 0 Å². The molecule has 0 bridgehead atoms. The number of ether oxygens (including phenoxy) is 1. The van der Waals surface area contributed by atoms with Gasteiger partial charge in [-0.3, -0.25) is 0 Å². The minimum Gasteiger partial charge on any atom is -0.485 e. The zero-order chi connectivity index (χ0) is 15.5. The van der Waals surface area contributed by atoms with Gasteiger partial charge in [0.2, 0.25) is 5.82 Å². The zero-order valence-corrected chi connectivity index (χ0v) is 12.9. The molecule has 0 fully saturated rings. The molecule has 0 spiro atoms. The van der Waals surface area contributed by atoms with Crippen LogP contribution in [0.4, 0.5) is 0 Å². The Morgan fingerprint density at radius 1 is 1.23 bits per heavy atom. The second-order valence-electron chi connectivity index (χ2n) is 5.50. The predicted molar refractivity (Wildman–Crippen MR) is 81.6 cm³/mol. The molecular formula is C17H18N2O3. The lowest BCUT2D eigenvalue weighted by Gasteiger charge is -2.11. The van der Waals surface area contributed by atoms with Gasteiger partial charge < -0.3 is 13.7 Å². The van der Waals surface area contributed by atoms with Crippen LogP contribution < -0.4 is 4.74 Å². The van der Waals surface area contributed by atoms with E-state index in [9.17, 15) is 0 Å². The van der Waals surface area contributed by atoms with E-state index in [0.29, 0.717) is 17.6 Å². The monoisotopic (exact) mass is 298 g/mol. The van der Waals surface area contributed by atoms with Gasteiger partial charge in [0, 0.05) is 0 Å². The Hall–Kier alpha value is -2.56. The Morgan fingerprint density at radius 3 is 2.82 bits per heavy atom. The first-order valence-electron chi connectivity index (χ1n) is 7.22. The Labute approximate surface area is 128 Å². The molecule has 0 amide bonds. The van der Waals surface area contributed by atoms with Crippen LogP contribution in [0.15, 0.2) is 45.7 Å². The summed E-state index contributed by atoms with van der Waals surface area (Å²) in [6.45, 7) is 6.60. The molecule has 0 aliphatic rings. The molecule has 0 radical (unpaired) electrons. The maximum Gasteiger partial charge on any atom is 0.261 e. The van der Waals surface area contributed by atoms with Crippen molar-refractivity contribution in [1.29, 1.82) is 0 Å². The van der Waals surface area contributed by atoms with Crippen LogP contribution in [0.3, 0.4) is 0 Å². The molecule has 2 aromatic heterocycles. The summed E-state index contributed by atoms with van der Waals surface area (Å²) in [6, 6.07) is 8.03. The number of nitrogens with zero attached hydrogens (tertiary/aromatic N) is 2. The van der Waals surface area contributed by atoms with Crippen molar-refractivity contribution in [3.8, 4) is 17.2 Å². The zero-order valence-electron chi connectivity index (χ0n) is 12.9. The summed E-state index contributed by atoms with van der Waals surface area (Å²) < 4.78 is 16.0. The first kappa shape index (κ1) is 14.4. The molecule has 0 aliphatic carbocycles. The normalized spacial score (nSPS) is 11.1. The van der Waals surface area contributed by atoms with Gasteiger partial charge in [0.05, 0.1) is 11.8 Å². The molecule has 22 heavy (non-hydrogen) atoms. The number of hydrogen-bond donors (Lipinski definition) is 0. The van der Waals surface area contributed by atoms with Gasteiger partial charge in [0.1, 0.15) is 12.0 Å². The maximum atomic E-state index is 5.84. The third kappa shape index (κ3) is 3.03. The van der Waals surface area contributed by atoms with Crippen molar-refractivity contribution in [3.05, 3.63) is 53.7 Å². The Bertz CT molecular complexity index is 745. The van der Waals surface area contributed by atoms with E-state index in [1.54, 1.807) is 18.6 Å². The molecule has 114 valence electrons. The molecule has 0 aliphatic heterocycles. The number of benzene rings is 1. The molecule has 0 N–H and O–H groups in total. The van der Waals surface area contributed by atoms with Crippen molar-refractivity contribution >= 4 is 0 Å². The predicted octanol–water partition coefficient (Wildman–Crippen LogP) is 4.34. The van der Waals surface area contributed by atoms with E-state index < -0.39 is 0 Å². The summed E-state index contributed by atoms with van der Waals surface area (Å²) in [7, 11) is 0. The standard InChI is InChI=1S/C17H18N2O3/c1-11(2)13-5-4-12(3)15(8-13)21-10-16-18-17(22-19-16)14-6-7-20-9-14/h4-9,11H,10H2,1-3H3. The van der Waals surface area contributed by atoms with Crippen molar-refractivity contribution in [2.45, 2.75) is 33.3 Å². The van der Waals surface area contributed by atoms with Crippen LogP contribution in [-0.4, -0.2) is 10.1 Å². The topological polar surface area (TPSA) is 61.3 Å². The van der Waals surface area contributed by atoms with Crippen LogP contribution in [0, 0.1) is 6.92 Å². The van der Waals surface area contributed by atoms with Crippen LogP contribution in [0.5, 0.6) is 5.75 Å². The molecule has 2 heterocycles. The number of hydrogen-bond acceptors (Lipinski definition) is 5. The van der Waals surface area contributed by atoms with Crippen molar-refractivity contribution in [1.82, 2.24) is 10.1 Å². The minimum absolute atomic E-state index is 0.268. The first-order valence-corrected chi connectivity index (χ1v) is 7.22. The third-order valence-electron chi connectivity index (χ3n) is 3.47. The van der Waals surface area contributed by atoms with Gasteiger partial charge in [0.15, 0.2) is 6.61 Å². The van der Waals surface area contributed by atoms with E-state index in [2.05, 4.69) is 42.2 Å². The van der Waals surface area contributed by atoms with E-state index in [0.717, 1.165) is 16.9 Å². The average molecular weight is 298 g/mol. The SMILES string of the molecule is Cc1ccc(C(C)C)cc1OCc1noc(-c2ccoc2)n1. The number of rotatable bonds is 5. The molecule has 1 aromatic carbocycles. The van der Waals surface area contributed by atoms with Crippen LogP contribution in [0.1, 0.15) is 36.7 Å². The average Bonchev–Trinajstić information content (AvgIpc) is 3.17. The van der Waals surface area contributed by atoms with Crippen molar-refractivity contribution < 1.29 is 13.7 Å². The van der Waals surface area contributed by atoms with Gasteiger partial charge in [-0.25, -0.2) is 0 Å². The highest BCUT2D eigenvalue weighted by molar-refractivity contribution is 5.49. The van der Waals surface area contributed by atoms with Crippen molar-refractivity contribution in [2.75, 3.05) is 0 Å². The van der Waals surface area contributed by atoms with Gasteiger partial charge in [0.25, 0.3) is 5.89 Å². The van der Waals surface area contributed by atoms with E-state index in [-0.39, 0.29) is 6.61 Å². The smallest absolute Gasteiger partial charge is 0.261 e. The number of furan rings is 1. The summed E-state index contributed by atoms with van der Waals surface area (Å²) in [5.41, 5.74) is 3.09. The lowest BCUT2D eigenvalue weighted by molar-refractivity contribution is 0.285. The molecule has 0 saturated heterocycles. The van der Waals surface area contributed by atoms with E-state index in [1.807, 2.05) is 6.92 Å². The molecule has 5 heteroatoms. The van der Waals surface area contributed by atoms with Gasteiger partial charge in [-0.2, -0.15) is 4.98 Å². The molecule has 0 unspecified atom stereocenters. The minimum atomic E-state index is 0.268. The molecule has 0 saturated carbocycles. The molecule has 5 nitrogen and oxygen atoms in total. The summed E-state index contributed by atoms with van der Waals surface area (Å²) in [6.07, 6.45) is 3.13. The Kier molecular flexibility index (Phi) is 3.96. The fraction of sp³-hybridized carbons (Fsp3) is 0.294. The van der Waals surface area contributed by atoms with Crippen LogP contribution in [0.25, 0.3) is 11.5 Å². The highest BCUT2D eigenvalue weighted by atomic mass is 16.5. The summed E-state index contributed by atoms with van der Waals surface area (Å²) in [4.78, 5) is 4.29. The summed E-state index contributed by atoms with van der Waals surface area (Å²) in [5.74, 6) is 2.24. The highest BCUT2D eigenvalue weighted by Crippen LogP contribution is 2.25. The van der Waals surface area contributed by atoms with Crippen molar-refractivity contribution in [3.63, 3.8) is 0 Å². The molecule has 3 aromatic rings. The quantitative estimate of drug-likeness (QED) is 0.701. The molecular weight excluding hydrogens is 280 g/mol.